The van der Waals surface area contributed by atoms with Crippen LogP contribution in [0.1, 0.15) is 42.3 Å². The molecule has 0 radical (unpaired) electrons. The smallest absolute Gasteiger partial charge is 0.287 e. The van der Waals surface area contributed by atoms with E-state index in [4.69, 9.17) is 5.26 Å². The van der Waals surface area contributed by atoms with Crippen LogP contribution in [0, 0.1) is 21.4 Å². The van der Waals surface area contributed by atoms with E-state index in [1.807, 2.05) is 12.1 Å². The minimum Gasteiger partial charge on any atom is -0.300 e. The molecule has 0 amide bonds. The molecule has 0 aliphatic carbocycles. The zero-order chi connectivity index (χ0) is 18.8. The molecule has 0 spiro atoms. The zero-order valence-electron chi connectivity index (χ0n) is 14.1. The summed E-state index contributed by atoms with van der Waals surface area (Å²) in [5.41, 5.74) is -0.113. The summed E-state index contributed by atoms with van der Waals surface area (Å²) in [7, 11) is 0. The molecule has 0 unspecified atom stereocenters. The summed E-state index contributed by atoms with van der Waals surface area (Å²) in [6, 6.07) is 9.52. The molecule has 2 rings (SSSR count). The van der Waals surface area contributed by atoms with E-state index in [0.29, 0.717) is 5.56 Å². The second-order valence-electron chi connectivity index (χ2n) is 6.66. The van der Waals surface area contributed by atoms with E-state index >= 15 is 0 Å². The van der Waals surface area contributed by atoms with E-state index in [2.05, 4.69) is 20.8 Å². The number of nitrogens with zero attached hydrogens (tertiary/aromatic N) is 3. The van der Waals surface area contributed by atoms with Gasteiger partial charge in [-0.1, -0.05) is 45.0 Å². The molecule has 0 aliphatic heterocycles. The first-order chi connectivity index (χ1) is 11.6. The van der Waals surface area contributed by atoms with Gasteiger partial charge in [0, 0.05) is 11.6 Å². The fourth-order valence-electron chi connectivity index (χ4n) is 2.32. The van der Waals surface area contributed by atoms with Crippen LogP contribution in [0.4, 0.5) is 5.69 Å². The lowest BCUT2D eigenvalue weighted by atomic mass is 9.86. The number of pyridine rings is 1. The normalized spacial score (nSPS) is 11.0. The lowest BCUT2D eigenvalue weighted by molar-refractivity contribution is -0.385. The van der Waals surface area contributed by atoms with Gasteiger partial charge in [-0.3, -0.25) is 24.3 Å². The Hall–Kier alpha value is -3.27. The zero-order valence-corrected chi connectivity index (χ0v) is 14.1. The molecule has 0 saturated carbocycles. The van der Waals surface area contributed by atoms with Crippen molar-refractivity contribution in [2.45, 2.75) is 32.7 Å². The predicted octanol–water partition coefficient (Wildman–Crippen LogP) is 2.81. The number of carbonyl (C=O) groups is 1. The molecule has 128 valence electrons. The lowest BCUT2D eigenvalue weighted by Crippen LogP contribution is -2.26. The van der Waals surface area contributed by atoms with Gasteiger partial charge in [-0.05, 0) is 11.0 Å². The van der Waals surface area contributed by atoms with Crippen molar-refractivity contribution in [1.29, 1.82) is 5.26 Å². The molecule has 1 heterocycles. The molecule has 0 N–H and O–H groups in total. The molecular formula is C18H17N3O4. The fraction of sp³-hybridized carbons (Fsp3) is 0.278. The molecule has 0 bridgehead atoms. The van der Waals surface area contributed by atoms with Gasteiger partial charge in [-0.2, -0.15) is 5.26 Å². The number of ketones is 1. The van der Waals surface area contributed by atoms with Gasteiger partial charge in [0.25, 0.3) is 11.2 Å². The third-order valence-corrected chi connectivity index (χ3v) is 3.79. The highest BCUT2D eigenvalue weighted by Crippen LogP contribution is 2.22. The monoisotopic (exact) mass is 339 g/mol. The number of carbonyl (C=O) groups excluding carboxylic acids is 1. The Kier molecular flexibility index (Phi) is 4.84. The molecule has 7 heteroatoms. The molecule has 1 aromatic carbocycles. The Balaban J connectivity index is 2.35. The van der Waals surface area contributed by atoms with Gasteiger partial charge in [0.2, 0.25) is 0 Å². The van der Waals surface area contributed by atoms with Gasteiger partial charge in [-0.15, -0.1) is 0 Å². The summed E-state index contributed by atoms with van der Waals surface area (Å²) in [6.45, 7) is 5.78. The summed E-state index contributed by atoms with van der Waals surface area (Å²) in [5.74, 6) is -0.369. The minimum atomic E-state index is -0.729. The highest BCUT2D eigenvalue weighted by Gasteiger charge is 2.17. The second kappa shape index (κ2) is 6.69. The maximum atomic E-state index is 12.4. The molecule has 7 nitrogen and oxygen atoms in total. The largest absolute Gasteiger partial charge is 0.300 e. The van der Waals surface area contributed by atoms with E-state index in [-0.39, 0.29) is 23.3 Å². The van der Waals surface area contributed by atoms with Crippen molar-refractivity contribution < 1.29 is 9.72 Å². The van der Waals surface area contributed by atoms with Gasteiger partial charge >= 0.3 is 0 Å². The van der Waals surface area contributed by atoms with Crippen molar-refractivity contribution in [3.63, 3.8) is 0 Å². The minimum absolute atomic E-state index is 0.0553. The number of benzene rings is 1. The van der Waals surface area contributed by atoms with Crippen LogP contribution in [0.5, 0.6) is 0 Å². The van der Waals surface area contributed by atoms with Crippen LogP contribution in [0.2, 0.25) is 0 Å². The SMILES string of the molecule is CC(C)(C)c1ccc(C(=O)Cn2cc([N+](=O)[O-])cc(C#N)c2=O)cc1. The topological polar surface area (TPSA) is 106 Å². The van der Waals surface area contributed by atoms with Crippen LogP contribution in [-0.2, 0) is 12.0 Å². The molecule has 1 aromatic heterocycles. The van der Waals surface area contributed by atoms with Crippen LogP contribution in [0.15, 0.2) is 41.3 Å². The number of nitro groups is 1. The summed E-state index contributed by atoms with van der Waals surface area (Å²) >= 11 is 0. The van der Waals surface area contributed by atoms with Crippen LogP contribution in [0.25, 0.3) is 0 Å². The highest BCUT2D eigenvalue weighted by molar-refractivity contribution is 5.96. The third kappa shape index (κ3) is 3.98. The molecule has 0 aliphatic rings. The van der Waals surface area contributed by atoms with Gasteiger partial charge in [-0.25, -0.2) is 0 Å². The Bertz CT molecular complexity index is 929. The fourth-order valence-corrected chi connectivity index (χ4v) is 2.32. The van der Waals surface area contributed by atoms with E-state index in [1.165, 1.54) is 0 Å². The summed E-state index contributed by atoms with van der Waals surface area (Å²) in [4.78, 5) is 34.7. The number of hydrogen-bond acceptors (Lipinski definition) is 5. The first kappa shape index (κ1) is 18.1. The van der Waals surface area contributed by atoms with Crippen molar-refractivity contribution in [3.05, 3.63) is 73.7 Å². The molecule has 25 heavy (non-hydrogen) atoms. The van der Waals surface area contributed by atoms with E-state index < -0.39 is 16.2 Å². The number of rotatable bonds is 4. The summed E-state index contributed by atoms with van der Waals surface area (Å²) < 4.78 is 0.899. The van der Waals surface area contributed by atoms with E-state index in [0.717, 1.165) is 22.4 Å². The molecule has 0 fully saturated rings. The first-order valence-corrected chi connectivity index (χ1v) is 7.56. The molecule has 2 aromatic rings. The second-order valence-corrected chi connectivity index (χ2v) is 6.66. The van der Waals surface area contributed by atoms with Crippen molar-refractivity contribution in [2.75, 3.05) is 0 Å². The van der Waals surface area contributed by atoms with Crippen molar-refractivity contribution in [3.8, 4) is 6.07 Å². The van der Waals surface area contributed by atoms with Crippen molar-refractivity contribution in [1.82, 2.24) is 4.57 Å². The quantitative estimate of drug-likeness (QED) is 0.484. The lowest BCUT2D eigenvalue weighted by Gasteiger charge is -2.19. The van der Waals surface area contributed by atoms with Gasteiger partial charge in [0.1, 0.15) is 11.6 Å². The molecule has 0 atom stereocenters. The van der Waals surface area contributed by atoms with Gasteiger partial charge < -0.3 is 0 Å². The maximum absolute atomic E-state index is 12.4. The van der Waals surface area contributed by atoms with Crippen molar-refractivity contribution in [2.24, 2.45) is 0 Å². The Morgan fingerprint density at radius 1 is 1.28 bits per heavy atom. The maximum Gasteiger partial charge on any atom is 0.287 e. The average molecular weight is 339 g/mol. The number of Topliss-reactive ketones (excluding diaryl/α,β-unsaturated/α-hetero) is 1. The number of aromatic nitrogens is 1. The summed E-state index contributed by atoms with van der Waals surface area (Å²) in [5, 5.41) is 19.9. The van der Waals surface area contributed by atoms with Gasteiger partial charge in [0.05, 0.1) is 17.7 Å². The van der Waals surface area contributed by atoms with Crippen LogP contribution < -0.4 is 5.56 Å². The van der Waals surface area contributed by atoms with Crippen molar-refractivity contribution >= 4 is 11.5 Å². The Morgan fingerprint density at radius 3 is 2.36 bits per heavy atom. The molecule has 0 saturated heterocycles. The number of hydrogen-bond donors (Lipinski definition) is 0. The predicted molar refractivity (Wildman–Crippen MR) is 91.5 cm³/mol. The van der Waals surface area contributed by atoms with Crippen LogP contribution in [0.3, 0.4) is 0 Å². The Morgan fingerprint density at radius 2 is 1.88 bits per heavy atom. The first-order valence-electron chi connectivity index (χ1n) is 7.56. The molecular weight excluding hydrogens is 322 g/mol. The number of nitriles is 1. The highest BCUT2D eigenvalue weighted by atomic mass is 16.6. The van der Waals surface area contributed by atoms with E-state index in [9.17, 15) is 19.7 Å². The van der Waals surface area contributed by atoms with Crippen LogP contribution in [-0.4, -0.2) is 15.3 Å². The third-order valence-electron chi connectivity index (χ3n) is 3.79. The van der Waals surface area contributed by atoms with Gasteiger partial charge in [0.15, 0.2) is 5.78 Å². The Labute approximate surface area is 144 Å². The van der Waals surface area contributed by atoms with Crippen LogP contribution >= 0.6 is 0 Å². The summed E-state index contributed by atoms with van der Waals surface area (Å²) in [6.07, 6.45) is 0.977. The standard InChI is InChI=1S/C18H17N3O4/c1-18(2,3)14-6-4-12(5-7-14)16(22)11-20-10-15(21(24)25)8-13(9-19)17(20)23/h4-8,10H,11H2,1-3H3. The average Bonchev–Trinajstić information content (AvgIpc) is 2.55. The van der Waals surface area contributed by atoms with E-state index in [1.54, 1.807) is 18.2 Å².